The summed E-state index contributed by atoms with van der Waals surface area (Å²) in [6.45, 7) is 7.15. The highest BCUT2D eigenvalue weighted by Crippen LogP contribution is 2.30. The van der Waals surface area contributed by atoms with E-state index in [1.165, 1.54) is 19.2 Å². The average Bonchev–Trinajstić information content (AvgIpc) is 2.12. The van der Waals surface area contributed by atoms with Gasteiger partial charge < -0.3 is 4.12 Å². The van der Waals surface area contributed by atoms with Crippen LogP contribution in [0.1, 0.15) is 6.92 Å². The number of hydrogen-bond acceptors (Lipinski definition) is 5. The Hall–Kier alpha value is -0.676. The zero-order chi connectivity index (χ0) is 16.4. The number of nitrogens with zero attached hydrogens (tertiary/aromatic N) is 1. The summed E-state index contributed by atoms with van der Waals surface area (Å²) in [5, 5.41) is 9.23. The second kappa shape index (κ2) is 5.98. The van der Waals surface area contributed by atoms with Crippen molar-refractivity contribution in [3.8, 4) is 6.07 Å². The van der Waals surface area contributed by atoms with Gasteiger partial charge in [-0.2, -0.15) is 26.9 Å². The predicted octanol–water partition coefficient (Wildman–Crippen LogP) is 2.79. The fourth-order valence-corrected chi connectivity index (χ4v) is 10.8. The molecule has 0 heterocycles. The zero-order valence-corrected chi connectivity index (χ0v) is 14.5. The van der Waals surface area contributed by atoms with Gasteiger partial charge in [0, 0.05) is 5.20 Å². The highest BCUT2D eigenvalue weighted by Gasteiger charge is 2.52. The Bertz CT molecular complexity index is 534. The minimum absolute atomic E-state index is 0.297. The van der Waals surface area contributed by atoms with E-state index in [9.17, 15) is 21.6 Å². The van der Waals surface area contributed by atoms with Crippen LogP contribution in [0.25, 0.3) is 0 Å². The van der Waals surface area contributed by atoms with Crippen LogP contribution in [0.3, 0.4) is 0 Å². The first-order valence-electron chi connectivity index (χ1n) is 5.47. The van der Waals surface area contributed by atoms with Gasteiger partial charge in [0.15, 0.2) is 0 Å². The molecule has 0 N–H and O–H groups in total. The molecule has 0 radical (unpaired) electrons. The summed E-state index contributed by atoms with van der Waals surface area (Å²) in [7, 11) is -12.1. The van der Waals surface area contributed by atoms with Gasteiger partial charge in [0.25, 0.3) is 0 Å². The van der Waals surface area contributed by atoms with Crippen LogP contribution in [-0.4, -0.2) is 30.8 Å². The smallest absolute Gasteiger partial charge is 0.431 e. The van der Waals surface area contributed by atoms with Crippen LogP contribution >= 0.6 is 0 Å². The van der Waals surface area contributed by atoms with Gasteiger partial charge in [0.05, 0.1) is 6.07 Å². The number of rotatable bonds is 5. The molecule has 5 nitrogen and oxygen atoms in total. The highest BCUT2D eigenvalue weighted by molar-refractivity contribution is 7.88. The Morgan fingerprint density at radius 2 is 1.70 bits per heavy atom. The van der Waals surface area contributed by atoms with Crippen molar-refractivity contribution in [1.82, 2.24) is 0 Å². The van der Waals surface area contributed by atoms with Gasteiger partial charge in [-0.1, -0.05) is 6.08 Å². The number of hydrogen-bond donors (Lipinski definition) is 0. The molecule has 0 unspecified atom stereocenters. The molecule has 0 fully saturated rings. The number of allylic oxidation sites excluding steroid dienone is 2. The lowest BCUT2D eigenvalue weighted by Gasteiger charge is -2.32. The van der Waals surface area contributed by atoms with Crippen molar-refractivity contribution in [2.24, 2.45) is 0 Å². The van der Waals surface area contributed by atoms with Crippen LogP contribution in [0.2, 0.25) is 26.2 Å². The quantitative estimate of drug-likeness (QED) is 0.434. The molecule has 0 atom stereocenters. The molecule has 0 bridgehead atoms. The second-order valence-electron chi connectivity index (χ2n) is 4.81. The van der Waals surface area contributed by atoms with Crippen LogP contribution in [0.5, 0.6) is 0 Å². The fourth-order valence-electron chi connectivity index (χ4n) is 1.54. The summed E-state index contributed by atoms with van der Waals surface area (Å²) < 4.78 is 68.6. The molecule has 0 saturated carbocycles. The Balaban J connectivity index is 5.27. The maximum Gasteiger partial charge on any atom is 0.522 e. The molecule has 20 heavy (non-hydrogen) atoms. The lowest BCUT2D eigenvalue weighted by Crippen LogP contribution is -2.50. The molecule has 0 aromatic rings. The number of alkyl halides is 3. The molecule has 11 heteroatoms. The van der Waals surface area contributed by atoms with Crippen LogP contribution in [-0.2, 0) is 18.1 Å². The van der Waals surface area contributed by atoms with Crippen molar-refractivity contribution in [3.05, 3.63) is 11.3 Å². The van der Waals surface area contributed by atoms with Crippen molar-refractivity contribution in [2.45, 2.75) is 38.6 Å². The molecular weight excluding hydrogens is 331 g/mol. The highest BCUT2D eigenvalue weighted by atomic mass is 32.2. The third kappa shape index (κ3) is 5.02. The lowest BCUT2D eigenvalue weighted by molar-refractivity contribution is -0.0508. The SMILES string of the molecule is C/C=C(\C#N)[Si](C)(C)O[Si](C)(C)OS(=O)(=O)C(F)(F)F. The van der Waals surface area contributed by atoms with Crippen LogP contribution < -0.4 is 0 Å². The minimum Gasteiger partial charge on any atom is -0.431 e. The molecule has 0 aliphatic heterocycles. The van der Waals surface area contributed by atoms with Crippen LogP contribution in [0, 0.1) is 11.3 Å². The first-order valence-corrected chi connectivity index (χ1v) is 12.6. The van der Waals surface area contributed by atoms with Gasteiger partial charge in [0.1, 0.15) is 0 Å². The van der Waals surface area contributed by atoms with E-state index in [0.717, 1.165) is 0 Å². The number of halogens is 3. The van der Waals surface area contributed by atoms with Crippen LogP contribution in [0.15, 0.2) is 11.3 Å². The lowest BCUT2D eigenvalue weighted by atomic mass is 10.6. The van der Waals surface area contributed by atoms with E-state index in [1.807, 2.05) is 6.07 Å². The largest absolute Gasteiger partial charge is 0.522 e. The van der Waals surface area contributed by atoms with Crippen molar-refractivity contribution in [3.63, 3.8) is 0 Å². The Kier molecular flexibility index (Phi) is 5.78. The Morgan fingerprint density at radius 1 is 1.25 bits per heavy atom. The monoisotopic (exact) mass is 347 g/mol. The molecule has 0 aliphatic rings. The van der Waals surface area contributed by atoms with Crippen molar-refractivity contribution < 1.29 is 29.6 Å². The second-order valence-corrected chi connectivity index (χ2v) is 14.0. The van der Waals surface area contributed by atoms with Crippen LogP contribution in [0.4, 0.5) is 13.2 Å². The zero-order valence-electron chi connectivity index (χ0n) is 11.7. The van der Waals surface area contributed by atoms with Gasteiger partial charge in [-0.15, -0.1) is 0 Å². The minimum atomic E-state index is -5.71. The third-order valence-corrected chi connectivity index (χ3v) is 10.9. The normalized spacial score (nSPS) is 15.1. The molecular formula is C9H16F3NO4SSi2. The van der Waals surface area contributed by atoms with Crippen molar-refractivity contribution in [2.75, 3.05) is 0 Å². The van der Waals surface area contributed by atoms with Gasteiger partial charge >= 0.3 is 24.2 Å². The molecule has 0 aromatic heterocycles. The van der Waals surface area contributed by atoms with Crippen molar-refractivity contribution in [1.29, 1.82) is 5.26 Å². The van der Waals surface area contributed by atoms with Gasteiger partial charge in [-0.05, 0) is 33.1 Å². The molecule has 0 aromatic carbocycles. The Morgan fingerprint density at radius 3 is 2.00 bits per heavy atom. The standard InChI is InChI=1S/C9H16F3NO4SSi2/c1-6-8(7-13)19(2,3)17-20(4,5)16-18(14,15)9(10,11)12/h6H,1-5H3/b8-6+. The Labute approximate surface area is 118 Å². The van der Waals surface area contributed by atoms with Gasteiger partial charge in [-0.25, -0.2) is 0 Å². The maximum absolute atomic E-state index is 12.3. The van der Waals surface area contributed by atoms with E-state index in [2.05, 4.69) is 3.87 Å². The summed E-state index contributed by atoms with van der Waals surface area (Å²) in [5.41, 5.74) is -5.50. The summed E-state index contributed by atoms with van der Waals surface area (Å²) >= 11 is 0. The fraction of sp³-hybridized carbons (Fsp3) is 0.667. The summed E-state index contributed by atoms with van der Waals surface area (Å²) in [6, 6.07) is 1.90. The maximum atomic E-state index is 12.3. The summed E-state index contributed by atoms with van der Waals surface area (Å²) in [6.07, 6.45) is 1.50. The first-order chi connectivity index (χ1) is 8.68. The number of nitriles is 1. The van der Waals surface area contributed by atoms with E-state index in [0.29, 0.717) is 5.20 Å². The third-order valence-electron chi connectivity index (χ3n) is 2.15. The van der Waals surface area contributed by atoms with Gasteiger partial charge in [0.2, 0.25) is 8.32 Å². The molecule has 0 spiro atoms. The summed E-state index contributed by atoms with van der Waals surface area (Å²) in [4.78, 5) is 0. The summed E-state index contributed by atoms with van der Waals surface area (Å²) in [5.74, 6) is 0. The van der Waals surface area contributed by atoms with E-state index >= 15 is 0 Å². The van der Waals surface area contributed by atoms with E-state index < -0.39 is 32.5 Å². The van der Waals surface area contributed by atoms with E-state index in [4.69, 9.17) is 9.38 Å². The first kappa shape index (κ1) is 19.3. The van der Waals surface area contributed by atoms with E-state index in [-0.39, 0.29) is 0 Å². The predicted molar refractivity (Wildman–Crippen MR) is 71.5 cm³/mol. The average molecular weight is 347 g/mol. The van der Waals surface area contributed by atoms with E-state index in [1.54, 1.807) is 20.0 Å². The molecule has 116 valence electrons. The van der Waals surface area contributed by atoms with Crippen molar-refractivity contribution >= 4 is 27.0 Å². The molecule has 0 rings (SSSR count). The van der Waals surface area contributed by atoms with Gasteiger partial charge in [-0.3, -0.25) is 3.87 Å². The molecule has 0 saturated heterocycles. The topological polar surface area (TPSA) is 76.4 Å². The molecule has 0 amide bonds. The molecule has 0 aliphatic carbocycles.